The number of rotatable bonds is 11. The summed E-state index contributed by atoms with van der Waals surface area (Å²) in [4.78, 5) is 0. The van der Waals surface area contributed by atoms with Crippen LogP contribution in [0.2, 0.25) is 10.0 Å². The van der Waals surface area contributed by atoms with Crippen molar-refractivity contribution < 1.29 is 14.6 Å². The maximum Gasteiger partial charge on any atom is 0.162 e. The van der Waals surface area contributed by atoms with E-state index in [-0.39, 0.29) is 6.61 Å². The van der Waals surface area contributed by atoms with Crippen LogP contribution in [-0.4, -0.2) is 38.5 Å². The predicted octanol–water partition coefficient (Wildman–Crippen LogP) is 4.02. The number of nitrogens with one attached hydrogen (secondary N) is 2. The maximum atomic E-state index is 8.74. The van der Waals surface area contributed by atoms with Crippen LogP contribution in [0.25, 0.3) is 0 Å². The van der Waals surface area contributed by atoms with Gasteiger partial charge in [0, 0.05) is 30.7 Å². The van der Waals surface area contributed by atoms with E-state index in [1.807, 2.05) is 18.2 Å². The highest BCUT2D eigenvalue weighted by atomic mass is 79.9. The molecule has 0 aliphatic carbocycles. The molecule has 2 aromatic rings. The van der Waals surface area contributed by atoms with E-state index in [1.165, 1.54) is 0 Å². The van der Waals surface area contributed by atoms with Gasteiger partial charge in [-0.25, -0.2) is 0 Å². The van der Waals surface area contributed by atoms with Crippen molar-refractivity contribution in [2.24, 2.45) is 0 Å². The smallest absolute Gasteiger partial charge is 0.162 e. The lowest BCUT2D eigenvalue weighted by Gasteiger charge is -2.15. The molecule has 0 bridgehead atoms. The van der Waals surface area contributed by atoms with Crippen LogP contribution in [0.4, 0.5) is 0 Å². The van der Waals surface area contributed by atoms with E-state index in [9.17, 15) is 0 Å². The number of aliphatic hydroxyl groups is 1. The number of benzene rings is 2. The Balaban J connectivity index is 1.96. The normalized spacial score (nSPS) is 10.9. The van der Waals surface area contributed by atoms with Gasteiger partial charge < -0.3 is 25.2 Å². The Morgan fingerprint density at radius 1 is 1.00 bits per heavy atom. The second-order valence-electron chi connectivity index (χ2n) is 5.78. The molecule has 27 heavy (non-hydrogen) atoms. The van der Waals surface area contributed by atoms with Crippen LogP contribution in [0.15, 0.2) is 34.8 Å². The fraction of sp³-hybridized carbons (Fsp3) is 0.368. The summed E-state index contributed by atoms with van der Waals surface area (Å²) in [5.41, 5.74) is 1.99. The molecule has 0 radical (unpaired) electrons. The van der Waals surface area contributed by atoms with Crippen LogP contribution >= 0.6 is 39.1 Å². The first-order valence-corrected chi connectivity index (χ1v) is 10.1. The van der Waals surface area contributed by atoms with Gasteiger partial charge in [0.1, 0.15) is 6.61 Å². The molecule has 0 saturated carbocycles. The number of ether oxygens (including phenoxy) is 2. The summed E-state index contributed by atoms with van der Waals surface area (Å²) < 4.78 is 12.3. The van der Waals surface area contributed by atoms with Crippen molar-refractivity contribution in [3.63, 3.8) is 0 Å². The Morgan fingerprint density at radius 3 is 2.48 bits per heavy atom. The van der Waals surface area contributed by atoms with Gasteiger partial charge in [-0.15, -0.1) is 0 Å². The maximum absolute atomic E-state index is 8.74. The van der Waals surface area contributed by atoms with E-state index in [1.54, 1.807) is 19.2 Å². The number of aliphatic hydroxyl groups excluding tert-OH is 1. The first-order valence-electron chi connectivity index (χ1n) is 8.50. The molecule has 0 atom stereocenters. The van der Waals surface area contributed by atoms with Crippen LogP contribution in [0.5, 0.6) is 11.5 Å². The Hall–Kier alpha value is -1.02. The molecule has 148 valence electrons. The monoisotopic (exact) mass is 476 g/mol. The number of hydrogen-bond acceptors (Lipinski definition) is 5. The lowest BCUT2D eigenvalue weighted by molar-refractivity contribution is 0.284. The van der Waals surface area contributed by atoms with E-state index in [0.717, 1.165) is 28.7 Å². The first-order chi connectivity index (χ1) is 13.0. The molecular formula is C19H23BrCl2N2O3. The van der Waals surface area contributed by atoms with Crippen molar-refractivity contribution in [2.75, 3.05) is 33.4 Å². The van der Waals surface area contributed by atoms with Crippen molar-refractivity contribution in [3.8, 4) is 11.5 Å². The number of methoxy groups -OCH3 is 1. The molecule has 0 amide bonds. The molecule has 0 aliphatic heterocycles. The summed E-state index contributed by atoms with van der Waals surface area (Å²) >= 11 is 15.6. The van der Waals surface area contributed by atoms with Crippen LogP contribution in [0.1, 0.15) is 11.1 Å². The van der Waals surface area contributed by atoms with E-state index in [0.29, 0.717) is 41.2 Å². The third-order valence-corrected chi connectivity index (χ3v) is 5.27. The summed E-state index contributed by atoms with van der Waals surface area (Å²) in [7, 11) is 1.62. The van der Waals surface area contributed by atoms with E-state index in [4.69, 9.17) is 37.8 Å². The van der Waals surface area contributed by atoms with Crippen molar-refractivity contribution in [2.45, 2.75) is 13.2 Å². The zero-order valence-electron chi connectivity index (χ0n) is 15.0. The second-order valence-corrected chi connectivity index (χ2v) is 7.45. The van der Waals surface area contributed by atoms with Crippen molar-refractivity contribution in [1.82, 2.24) is 10.6 Å². The highest BCUT2D eigenvalue weighted by Crippen LogP contribution is 2.34. The predicted molar refractivity (Wildman–Crippen MR) is 113 cm³/mol. The molecule has 5 nitrogen and oxygen atoms in total. The van der Waals surface area contributed by atoms with Crippen LogP contribution < -0.4 is 20.1 Å². The molecule has 0 aromatic heterocycles. The molecule has 0 unspecified atom stereocenters. The molecule has 0 spiro atoms. The Labute approximate surface area is 178 Å². The van der Waals surface area contributed by atoms with Crippen LogP contribution in [0.3, 0.4) is 0 Å². The minimum absolute atomic E-state index is 0.145. The highest BCUT2D eigenvalue weighted by molar-refractivity contribution is 9.10. The summed E-state index contributed by atoms with van der Waals surface area (Å²) in [5.74, 6) is 1.30. The molecule has 8 heteroatoms. The Bertz CT molecular complexity index is 747. The average molecular weight is 478 g/mol. The van der Waals surface area contributed by atoms with Crippen molar-refractivity contribution in [3.05, 3.63) is 56.0 Å². The first kappa shape index (κ1) is 22.3. The van der Waals surface area contributed by atoms with Gasteiger partial charge in [-0.2, -0.15) is 0 Å². The summed E-state index contributed by atoms with van der Waals surface area (Å²) in [6.07, 6.45) is 0. The number of hydrogen-bond donors (Lipinski definition) is 3. The van der Waals surface area contributed by atoms with Gasteiger partial charge in [0.25, 0.3) is 0 Å². The quantitative estimate of drug-likeness (QED) is 0.427. The molecular weight excluding hydrogens is 455 g/mol. The van der Waals surface area contributed by atoms with E-state index >= 15 is 0 Å². The third-order valence-electron chi connectivity index (χ3n) is 3.79. The summed E-state index contributed by atoms with van der Waals surface area (Å²) in [6.45, 7) is 3.37. The lowest BCUT2D eigenvalue weighted by atomic mass is 10.2. The van der Waals surface area contributed by atoms with Crippen LogP contribution in [0, 0.1) is 0 Å². The minimum Gasteiger partial charge on any atom is -0.493 e. The summed E-state index contributed by atoms with van der Waals surface area (Å²) in [5, 5.41) is 16.2. The van der Waals surface area contributed by atoms with Gasteiger partial charge in [-0.05, 0) is 35.4 Å². The van der Waals surface area contributed by atoms with Gasteiger partial charge >= 0.3 is 0 Å². The van der Waals surface area contributed by atoms with Crippen LogP contribution in [-0.2, 0) is 13.2 Å². The van der Waals surface area contributed by atoms with Gasteiger partial charge in [0.15, 0.2) is 11.5 Å². The van der Waals surface area contributed by atoms with Crippen molar-refractivity contribution in [1.29, 1.82) is 0 Å². The van der Waals surface area contributed by atoms with E-state index in [2.05, 4.69) is 26.6 Å². The molecule has 3 N–H and O–H groups in total. The molecule has 0 fully saturated rings. The standard InChI is InChI=1S/C19H23BrCl2N2O3/c1-26-18-9-14(11-24-5-4-23-6-7-25)15(20)10-19(18)27-12-13-2-3-16(21)17(22)8-13/h2-3,8-10,23-25H,4-7,11-12H2,1H3. The Kier molecular flexibility index (Phi) is 9.68. The Morgan fingerprint density at radius 2 is 1.78 bits per heavy atom. The minimum atomic E-state index is 0.145. The molecule has 0 aliphatic rings. The fourth-order valence-corrected chi connectivity index (χ4v) is 3.16. The second kappa shape index (κ2) is 11.7. The molecule has 0 heterocycles. The SMILES string of the molecule is COc1cc(CNCCNCCO)c(Br)cc1OCc1ccc(Cl)c(Cl)c1. The number of halogens is 3. The topological polar surface area (TPSA) is 62.8 Å². The summed E-state index contributed by atoms with van der Waals surface area (Å²) in [6, 6.07) is 9.26. The fourth-order valence-electron chi connectivity index (χ4n) is 2.38. The molecule has 2 aromatic carbocycles. The van der Waals surface area contributed by atoms with E-state index < -0.39 is 0 Å². The van der Waals surface area contributed by atoms with Gasteiger partial charge in [0.05, 0.1) is 23.8 Å². The largest absolute Gasteiger partial charge is 0.493 e. The zero-order chi connectivity index (χ0) is 19.6. The van der Waals surface area contributed by atoms with Gasteiger partial charge in [-0.3, -0.25) is 0 Å². The molecule has 0 saturated heterocycles. The van der Waals surface area contributed by atoms with Gasteiger partial charge in [-0.1, -0.05) is 45.2 Å². The lowest BCUT2D eigenvalue weighted by Crippen LogP contribution is -2.28. The van der Waals surface area contributed by atoms with Crippen molar-refractivity contribution >= 4 is 39.1 Å². The zero-order valence-corrected chi connectivity index (χ0v) is 18.1. The molecule has 2 rings (SSSR count). The highest BCUT2D eigenvalue weighted by Gasteiger charge is 2.11. The third kappa shape index (κ3) is 7.14. The average Bonchev–Trinajstić information content (AvgIpc) is 2.66. The van der Waals surface area contributed by atoms with Gasteiger partial charge in [0.2, 0.25) is 0 Å².